The van der Waals surface area contributed by atoms with Gasteiger partial charge in [0.15, 0.2) is 5.78 Å². The van der Waals surface area contributed by atoms with E-state index in [1.54, 1.807) is 0 Å². The number of H-pyrrole nitrogens is 1. The monoisotopic (exact) mass is 275 g/mol. The number of rotatable bonds is 5. The molecule has 5 nitrogen and oxygen atoms in total. The Morgan fingerprint density at radius 2 is 2.10 bits per heavy atom. The first-order valence-corrected chi connectivity index (χ1v) is 6.76. The summed E-state index contributed by atoms with van der Waals surface area (Å²) < 4.78 is 0. The fraction of sp³-hybridized carbons (Fsp3) is 0.467. The van der Waals surface area contributed by atoms with Crippen LogP contribution in [-0.4, -0.2) is 34.0 Å². The van der Waals surface area contributed by atoms with Gasteiger partial charge >= 0.3 is 0 Å². The molecule has 1 aromatic heterocycles. The Labute approximate surface area is 118 Å². The minimum absolute atomic E-state index is 0.0197. The summed E-state index contributed by atoms with van der Waals surface area (Å²) in [4.78, 5) is 20.2. The number of ketones is 1. The Morgan fingerprint density at radius 3 is 2.70 bits per heavy atom. The van der Waals surface area contributed by atoms with E-state index < -0.39 is 11.5 Å². The van der Waals surface area contributed by atoms with Crippen LogP contribution in [0.3, 0.4) is 0 Å². The van der Waals surface area contributed by atoms with Crippen molar-refractivity contribution < 1.29 is 9.90 Å². The molecule has 0 amide bonds. The average molecular weight is 275 g/mol. The highest BCUT2D eigenvalue weighted by atomic mass is 16.3. The van der Waals surface area contributed by atoms with Gasteiger partial charge in [0.25, 0.3) is 0 Å². The van der Waals surface area contributed by atoms with E-state index in [9.17, 15) is 4.79 Å². The van der Waals surface area contributed by atoms with Crippen LogP contribution in [0.2, 0.25) is 0 Å². The van der Waals surface area contributed by atoms with Gasteiger partial charge in [-0.25, -0.2) is 4.98 Å². The minimum Gasteiger partial charge on any atom is -0.395 e. The van der Waals surface area contributed by atoms with Crippen molar-refractivity contribution in [3.63, 3.8) is 0 Å². The molecule has 0 saturated carbocycles. The van der Waals surface area contributed by atoms with Crippen molar-refractivity contribution >= 4 is 16.8 Å². The van der Waals surface area contributed by atoms with E-state index in [4.69, 9.17) is 5.11 Å². The zero-order chi connectivity index (χ0) is 14.8. The molecule has 1 atom stereocenters. The van der Waals surface area contributed by atoms with Crippen LogP contribution in [0.5, 0.6) is 0 Å². The highest BCUT2D eigenvalue weighted by Gasteiger charge is 2.32. The van der Waals surface area contributed by atoms with Gasteiger partial charge in [-0.05, 0) is 12.1 Å². The normalized spacial score (nSPS) is 13.6. The third-order valence-corrected chi connectivity index (χ3v) is 3.14. The molecule has 0 bridgehead atoms. The van der Waals surface area contributed by atoms with Crippen molar-refractivity contribution in [1.82, 2.24) is 15.3 Å². The summed E-state index contributed by atoms with van der Waals surface area (Å²) in [5.41, 5.74) is 1.26. The van der Waals surface area contributed by atoms with Crippen LogP contribution >= 0.6 is 0 Å². The van der Waals surface area contributed by atoms with Gasteiger partial charge in [-0.1, -0.05) is 32.9 Å². The fourth-order valence-corrected chi connectivity index (χ4v) is 2.06. The molecule has 0 spiro atoms. The zero-order valence-electron chi connectivity index (χ0n) is 12.1. The summed E-state index contributed by atoms with van der Waals surface area (Å²) in [6, 6.07) is 7.13. The number of nitrogens with zero attached hydrogens (tertiary/aromatic N) is 1. The highest BCUT2D eigenvalue weighted by molar-refractivity contribution is 5.90. The second-order valence-electron chi connectivity index (χ2n) is 5.86. The summed E-state index contributed by atoms with van der Waals surface area (Å²) in [7, 11) is 0. The van der Waals surface area contributed by atoms with Gasteiger partial charge in [0, 0.05) is 12.0 Å². The molecule has 5 heteroatoms. The van der Waals surface area contributed by atoms with Crippen molar-refractivity contribution in [3.8, 4) is 0 Å². The van der Waals surface area contributed by atoms with Crippen molar-refractivity contribution in [2.45, 2.75) is 26.8 Å². The number of para-hydroxylation sites is 2. The van der Waals surface area contributed by atoms with Crippen LogP contribution in [0.4, 0.5) is 0 Å². The van der Waals surface area contributed by atoms with Crippen molar-refractivity contribution in [3.05, 3.63) is 30.1 Å². The van der Waals surface area contributed by atoms with Crippen molar-refractivity contribution in [2.24, 2.45) is 5.41 Å². The molecule has 0 radical (unpaired) electrons. The van der Waals surface area contributed by atoms with Gasteiger partial charge in [-0.15, -0.1) is 0 Å². The third-order valence-electron chi connectivity index (χ3n) is 3.14. The highest BCUT2D eigenvalue weighted by Crippen LogP contribution is 2.25. The Hall–Kier alpha value is -1.72. The number of fused-ring (bicyclic) bond motifs is 1. The molecule has 0 aliphatic rings. The fourth-order valence-electron chi connectivity index (χ4n) is 2.06. The van der Waals surface area contributed by atoms with Gasteiger partial charge in [0.1, 0.15) is 11.9 Å². The van der Waals surface area contributed by atoms with E-state index in [0.717, 1.165) is 11.0 Å². The second-order valence-corrected chi connectivity index (χ2v) is 5.86. The van der Waals surface area contributed by atoms with Gasteiger partial charge in [0.2, 0.25) is 0 Å². The van der Waals surface area contributed by atoms with E-state index >= 15 is 0 Å². The summed E-state index contributed by atoms with van der Waals surface area (Å²) in [5, 5.41) is 12.0. The molecule has 0 aliphatic heterocycles. The molecule has 108 valence electrons. The number of benzene rings is 1. The maximum absolute atomic E-state index is 12.5. The van der Waals surface area contributed by atoms with Crippen molar-refractivity contribution in [2.75, 3.05) is 13.2 Å². The predicted molar refractivity (Wildman–Crippen MR) is 78.4 cm³/mol. The van der Waals surface area contributed by atoms with Crippen LogP contribution in [0.25, 0.3) is 11.0 Å². The lowest BCUT2D eigenvalue weighted by Crippen LogP contribution is -2.38. The molecule has 0 saturated heterocycles. The lowest BCUT2D eigenvalue weighted by atomic mass is 9.86. The molecule has 2 rings (SSSR count). The van der Waals surface area contributed by atoms with Gasteiger partial charge < -0.3 is 10.1 Å². The standard InChI is InChI=1S/C15H21N3O2/c1-15(2,3)13(20)12(16-8-9-19)14-17-10-6-4-5-7-11(10)18-14/h4-7,12,16,19H,8-9H2,1-3H3,(H,17,18). The third kappa shape index (κ3) is 3.05. The number of hydrogen-bond acceptors (Lipinski definition) is 4. The van der Waals surface area contributed by atoms with Crippen LogP contribution in [0, 0.1) is 5.41 Å². The number of aliphatic hydroxyl groups excluding tert-OH is 1. The first kappa shape index (κ1) is 14.7. The number of aromatic amines is 1. The maximum atomic E-state index is 12.5. The average Bonchev–Trinajstić information content (AvgIpc) is 2.81. The summed E-state index contributed by atoms with van der Waals surface area (Å²) in [6.45, 7) is 5.97. The summed E-state index contributed by atoms with van der Waals surface area (Å²) >= 11 is 0. The van der Waals surface area contributed by atoms with Crippen molar-refractivity contribution in [1.29, 1.82) is 0 Å². The van der Waals surface area contributed by atoms with E-state index in [1.165, 1.54) is 0 Å². The summed E-state index contributed by atoms with van der Waals surface area (Å²) in [6.07, 6.45) is 0. The smallest absolute Gasteiger partial charge is 0.162 e. The van der Waals surface area contributed by atoms with Crippen LogP contribution in [-0.2, 0) is 4.79 Å². The number of hydrogen-bond donors (Lipinski definition) is 3. The number of imidazole rings is 1. The Morgan fingerprint density at radius 1 is 1.40 bits per heavy atom. The van der Waals surface area contributed by atoms with Gasteiger partial charge in [0.05, 0.1) is 17.6 Å². The SMILES string of the molecule is CC(C)(C)C(=O)C(NCCO)c1nc2ccccc2[nH]1. The van der Waals surface area contributed by atoms with E-state index in [0.29, 0.717) is 12.4 Å². The number of aromatic nitrogens is 2. The largest absolute Gasteiger partial charge is 0.395 e. The Balaban J connectivity index is 2.37. The number of carbonyl (C=O) groups is 1. The number of carbonyl (C=O) groups excluding carboxylic acids is 1. The van der Waals surface area contributed by atoms with Gasteiger partial charge in [-0.2, -0.15) is 0 Å². The van der Waals surface area contributed by atoms with Crippen LogP contribution < -0.4 is 5.32 Å². The van der Waals surface area contributed by atoms with Gasteiger partial charge in [-0.3, -0.25) is 10.1 Å². The quantitative estimate of drug-likeness (QED) is 0.777. The lowest BCUT2D eigenvalue weighted by molar-refractivity contribution is -0.128. The Kier molecular flexibility index (Phi) is 4.20. The van der Waals surface area contributed by atoms with E-state index in [-0.39, 0.29) is 12.4 Å². The molecule has 0 fully saturated rings. The maximum Gasteiger partial charge on any atom is 0.162 e. The zero-order valence-corrected chi connectivity index (χ0v) is 12.1. The molecule has 20 heavy (non-hydrogen) atoms. The predicted octanol–water partition coefficient (Wildman–Crippen LogP) is 1.80. The van der Waals surface area contributed by atoms with E-state index in [1.807, 2.05) is 45.0 Å². The minimum atomic E-state index is -0.533. The molecule has 1 aromatic carbocycles. The molecular formula is C15H21N3O2. The first-order valence-electron chi connectivity index (χ1n) is 6.76. The molecule has 0 aliphatic carbocycles. The second kappa shape index (κ2) is 5.73. The first-order chi connectivity index (χ1) is 9.43. The topological polar surface area (TPSA) is 78.0 Å². The molecule has 1 heterocycles. The summed E-state index contributed by atoms with van der Waals surface area (Å²) in [5.74, 6) is 0.643. The van der Waals surface area contributed by atoms with E-state index in [2.05, 4.69) is 15.3 Å². The number of Topliss-reactive ketones (excluding diaryl/α,β-unsaturated/α-hetero) is 1. The number of aliphatic hydroxyl groups is 1. The Bertz CT molecular complexity index is 565. The van der Waals surface area contributed by atoms with Crippen LogP contribution in [0.1, 0.15) is 32.6 Å². The lowest BCUT2D eigenvalue weighted by Gasteiger charge is -2.24. The van der Waals surface area contributed by atoms with Crippen LogP contribution in [0.15, 0.2) is 24.3 Å². The number of nitrogens with one attached hydrogen (secondary N) is 2. The molecule has 1 unspecified atom stereocenters. The molecular weight excluding hydrogens is 254 g/mol. The molecule has 3 N–H and O–H groups in total. The molecule has 2 aromatic rings.